The van der Waals surface area contributed by atoms with Gasteiger partial charge in [-0.2, -0.15) is 5.26 Å². The van der Waals surface area contributed by atoms with E-state index in [1.807, 2.05) is 30.3 Å². The number of hydrogen-bond acceptors (Lipinski definition) is 4. The van der Waals surface area contributed by atoms with Crippen LogP contribution in [0.3, 0.4) is 0 Å². The molecule has 1 aliphatic rings. The van der Waals surface area contributed by atoms with E-state index in [2.05, 4.69) is 12.2 Å². The molecule has 2 atom stereocenters. The highest BCUT2D eigenvalue weighted by Crippen LogP contribution is 2.31. The van der Waals surface area contributed by atoms with Crippen LogP contribution in [0, 0.1) is 17.2 Å². The Kier molecular flexibility index (Phi) is 5.60. The first-order valence-corrected chi connectivity index (χ1v) is 7.63. The first-order valence-electron chi connectivity index (χ1n) is 7.63. The van der Waals surface area contributed by atoms with Gasteiger partial charge in [0, 0.05) is 13.1 Å². The molecule has 2 rings (SSSR count). The van der Waals surface area contributed by atoms with Crippen molar-refractivity contribution >= 4 is 0 Å². The maximum absolute atomic E-state index is 10.6. The topological polar surface area (TPSA) is 65.3 Å². The van der Waals surface area contributed by atoms with Crippen molar-refractivity contribution in [2.24, 2.45) is 5.92 Å². The molecule has 4 nitrogen and oxygen atoms in total. The number of ether oxygens (including phenoxy) is 1. The predicted octanol–water partition coefficient (Wildman–Crippen LogP) is 2.62. The van der Waals surface area contributed by atoms with Gasteiger partial charge >= 0.3 is 0 Å². The molecular formula is C17H24N2O2. The van der Waals surface area contributed by atoms with Crippen LogP contribution < -0.4 is 10.1 Å². The standard InChI is InChI=1S/C17H24N2O2/c1-14-4-3-7-17(20,11-14)13-19-12-15-5-2-6-16(10-15)21-9-8-18/h2,5-6,10,14,19-20H,3-4,7,9,11-13H2,1H3. The Morgan fingerprint density at radius 3 is 3.14 bits per heavy atom. The Morgan fingerprint density at radius 2 is 2.38 bits per heavy atom. The molecule has 4 heteroatoms. The van der Waals surface area contributed by atoms with Crippen LogP contribution in [0.1, 0.15) is 38.2 Å². The molecule has 2 unspecified atom stereocenters. The van der Waals surface area contributed by atoms with Gasteiger partial charge in [-0.05, 0) is 36.5 Å². The van der Waals surface area contributed by atoms with Gasteiger partial charge in [-0.1, -0.05) is 31.9 Å². The average molecular weight is 288 g/mol. The summed E-state index contributed by atoms with van der Waals surface area (Å²) in [6, 6.07) is 9.66. The summed E-state index contributed by atoms with van der Waals surface area (Å²) in [7, 11) is 0. The largest absolute Gasteiger partial charge is 0.479 e. The lowest BCUT2D eigenvalue weighted by atomic mass is 9.79. The van der Waals surface area contributed by atoms with Gasteiger partial charge in [0.05, 0.1) is 5.60 Å². The van der Waals surface area contributed by atoms with Gasteiger partial charge in [0.1, 0.15) is 11.8 Å². The molecule has 1 aliphatic carbocycles. The van der Waals surface area contributed by atoms with Crippen molar-refractivity contribution in [2.75, 3.05) is 13.2 Å². The van der Waals surface area contributed by atoms with Crippen LogP contribution in [0.5, 0.6) is 5.75 Å². The molecule has 0 aliphatic heterocycles. The molecule has 0 bridgehead atoms. The van der Waals surface area contributed by atoms with Crippen molar-refractivity contribution in [1.82, 2.24) is 5.32 Å². The number of nitrogens with one attached hydrogen (secondary N) is 1. The van der Waals surface area contributed by atoms with Crippen LogP contribution in [0.2, 0.25) is 0 Å². The Labute approximate surface area is 126 Å². The monoisotopic (exact) mass is 288 g/mol. The summed E-state index contributed by atoms with van der Waals surface area (Å²) in [6.07, 6.45) is 4.10. The van der Waals surface area contributed by atoms with Crippen molar-refractivity contribution in [2.45, 2.75) is 44.8 Å². The van der Waals surface area contributed by atoms with Gasteiger partial charge in [0.25, 0.3) is 0 Å². The van der Waals surface area contributed by atoms with E-state index in [0.29, 0.717) is 24.8 Å². The van der Waals surface area contributed by atoms with Gasteiger partial charge in [0.2, 0.25) is 0 Å². The molecule has 0 aromatic heterocycles. The number of hydrogen-bond donors (Lipinski definition) is 2. The smallest absolute Gasteiger partial charge is 0.174 e. The van der Waals surface area contributed by atoms with E-state index in [4.69, 9.17) is 10.00 Å². The number of benzene rings is 1. The van der Waals surface area contributed by atoms with E-state index >= 15 is 0 Å². The van der Waals surface area contributed by atoms with Crippen molar-refractivity contribution in [1.29, 1.82) is 5.26 Å². The number of rotatable bonds is 6. The lowest BCUT2D eigenvalue weighted by molar-refractivity contribution is -0.0119. The molecule has 2 N–H and O–H groups in total. The van der Waals surface area contributed by atoms with Crippen LogP contribution in [0.15, 0.2) is 24.3 Å². The summed E-state index contributed by atoms with van der Waals surface area (Å²) in [6.45, 7) is 3.59. The first-order chi connectivity index (χ1) is 10.1. The van der Waals surface area contributed by atoms with E-state index in [9.17, 15) is 5.11 Å². The Morgan fingerprint density at radius 1 is 1.52 bits per heavy atom. The second-order valence-electron chi connectivity index (χ2n) is 6.12. The van der Waals surface area contributed by atoms with Gasteiger partial charge < -0.3 is 15.2 Å². The zero-order valence-electron chi connectivity index (χ0n) is 12.6. The van der Waals surface area contributed by atoms with E-state index in [1.54, 1.807) is 0 Å². The molecule has 0 radical (unpaired) electrons. The van der Waals surface area contributed by atoms with Crippen LogP contribution in [-0.2, 0) is 6.54 Å². The van der Waals surface area contributed by atoms with Gasteiger partial charge in [-0.15, -0.1) is 0 Å². The van der Waals surface area contributed by atoms with E-state index in [0.717, 1.165) is 24.8 Å². The first kappa shape index (κ1) is 15.8. The van der Waals surface area contributed by atoms with E-state index < -0.39 is 5.60 Å². The summed E-state index contributed by atoms with van der Waals surface area (Å²) in [4.78, 5) is 0. The lowest BCUT2D eigenvalue weighted by Gasteiger charge is -2.35. The van der Waals surface area contributed by atoms with Crippen molar-refractivity contribution in [3.63, 3.8) is 0 Å². The SMILES string of the molecule is CC1CCCC(O)(CNCc2cccc(OCC#N)c2)C1. The van der Waals surface area contributed by atoms with Crippen LogP contribution in [-0.4, -0.2) is 23.9 Å². The third-order valence-electron chi connectivity index (χ3n) is 4.05. The quantitative estimate of drug-likeness (QED) is 0.844. The molecule has 1 aromatic rings. The van der Waals surface area contributed by atoms with Gasteiger partial charge in [0.15, 0.2) is 6.61 Å². The summed E-state index contributed by atoms with van der Waals surface area (Å²) in [5, 5.41) is 22.4. The Balaban J connectivity index is 1.81. The number of aliphatic hydroxyl groups is 1. The molecule has 0 heterocycles. The fourth-order valence-electron chi connectivity index (χ4n) is 3.09. The molecule has 0 saturated heterocycles. The molecule has 0 amide bonds. The van der Waals surface area contributed by atoms with Crippen molar-refractivity contribution < 1.29 is 9.84 Å². The van der Waals surface area contributed by atoms with Crippen molar-refractivity contribution in [3.05, 3.63) is 29.8 Å². The average Bonchev–Trinajstić information content (AvgIpc) is 2.45. The summed E-state index contributed by atoms with van der Waals surface area (Å²) >= 11 is 0. The molecule has 1 aromatic carbocycles. The second kappa shape index (κ2) is 7.44. The third kappa shape index (κ3) is 5.04. The highest BCUT2D eigenvalue weighted by Gasteiger charge is 2.31. The normalized spacial score (nSPS) is 25.3. The highest BCUT2D eigenvalue weighted by atomic mass is 16.5. The van der Waals surface area contributed by atoms with Crippen LogP contribution in [0.4, 0.5) is 0 Å². The minimum Gasteiger partial charge on any atom is -0.479 e. The van der Waals surface area contributed by atoms with Gasteiger partial charge in [-0.3, -0.25) is 0 Å². The summed E-state index contributed by atoms with van der Waals surface area (Å²) < 4.78 is 5.29. The molecule has 1 saturated carbocycles. The molecule has 21 heavy (non-hydrogen) atoms. The Bertz CT molecular complexity index is 498. The Hall–Kier alpha value is -1.57. The summed E-state index contributed by atoms with van der Waals surface area (Å²) in [5.41, 5.74) is 0.532. The molecule has 0 spiro atoms. The number of nitrogens with zero attached hydrogens (tertiary/aromatic N) is 1. The fraction of sp³-hybridized carbons (Fsp3) is 0.588. The van der Waals surface area contributed by atoms with E-state index in [1.165, 1.54) is 6.42 Å². The van der Waals surface area contributed by atoms with Crippen LogP contribution >= 0.6 is 0 Å². The van der Waals surface area contributed by atoms with Gasteiger partial charge in [-0.25, -0.2) is 0 Å². The third-order valence-corrected chi connectivity index (χ3v) is 4.05. The van der Waals surface area contributed by atoms with Crippen LogP contribution in [0.25, 0.3) is 0 Å². The molecule has 1 fully saturated rings. The van der Waals surface area contributed by atoms with Crippen molar-refractivity contribution in [3.8, 4) is 11.8 Å². The second-order valence-corrected chi connectivity index (χ2v) is 6.12. The summed E-state index contributed by atoms with van der Waals surface area (Å²) in [5.74, 6) is 1.31. The zero-order chi connectivity index (χ0) is 15.1. The molecule has 114 valence electrons. The maximum Gasteiger partial charge on any atom is 0.174 e. The minimum absolute atomic E-state index is 0.0640. The lowest BCUT2D eigenvalue weighted by Crippen LogP contribution is -2.43. The zero-order valence-corrected chi connectivity index (χ0v) is 12.6. The maximum atomic E-state index is 10.6. The fourth-order valence-corrected chi connectivity index (χ4v) is 3.09. The number of nitriles is 1. The van der Waals surface area contributed by atoms with E-state index in [-0.39, 0.29) is 6.61 Å². The molecular weight excluding hydrogens is 264 g/mol. The highest BCUT2D eigenvalue weighted by molar-refractivity contribution is 5.28. The predicted molar refractivity (Wildman–Crippen MR) is 81.8 cm³/mol. The minimum atomic E-state index is -0.563.